The monoisotopic (exact) mass is 380 g/mol. The second-order valence-electron chi connectivity index (χ2n) is 6.08. The standard InChI is InChI=1S/C22H18ClO2P/c1-24-19-7-3-17-13-21(9-5-15(17)11-19)26(23)22-10-6-16-12-20(25-2)8-4-18(16)14-22/h3-14H,1-2H3. The summed E-state index contributed by atoms with van der Waals surface area (Å²) < 4.78 is 10.6. The Labute approximate surface area is 158 Å². The fourth-order valence-electron chi connectivity index (χ4n) is 3.07. The smallest absolute Gasteiger partial charge is 0.119 e. The topological polar surface area (TPSA) is 18.5 Å². The van der Waals surface area contributed by atoms with Crippen LogP contribution in [0.15, 0.2) is 72.8 Å². The van der Waals surface area contributed by atoms with Gasteiger partial charge in [-0.1, -0.05) is 47.6 Å². The average Bonchev–Trinajstić information content (AvgIpc) is 2.71. The van der Waals surface area contributed by atoms with Crippen LogP contribution in [0.25, 0.3) is 21.5 Å². The largest absolute Gasteiger partial charge is 0.497 e. The van der Waals surface area contributed by atoms with Crippen LogP contribution in [0.4, 0.5) is 0 Å². The van der Waals surface area contributed by atoms with Crippen molar-refractivity contribution in [2.24, 2.45) is 0 Å². The summed E-state index contributed by atoms with van der Waals surface area (Å²) in [5.74, 6) is 1.73. The number of methoxy groups -OCH3 is 2. The fraction of sp³-hybridized carbons (Fsp3) is 0.0909. The molecule has 0 saturated heterocycles. The average molecular weight is 381 g/mol. The molecule has 0 aromatic heterocycles. The molecule has 0 atom stereocenters. The Hall–Kier alpha value is -2.28. The Morgan fingerprint density at radius 2 is 0.962 bits per heavy atom. The predicted molar refractivity (Wildman–Crippen MR) is 113 cm³/mol. The van der Waals surface area contributed by atoms with E-state index in [0.717, 1.165) is 32.9 Å². The minimum absolute atomic E-state index is 0.864. The van der Waals surface area contributed by atoms with Crippen LogP contribution in [0.2, 0.25) is 0 Å². The van der Waals surface area contributed by atoms with Crippen molar-refractivity contribution in [1.82, 2.24) is 0 Å². The number of fused-ring (bicyclic) bond motifs is 2. The van der Waals surface area contributed by atoms with Crippen LogP contribution in [-0.4, -0.2) is 14.2 Å². The van der Waals surface area contributed by atoms with Gasteiger partial charge < -0.3 is 9.47 Å². The van der Waals surface area contributed by atoms with Crippen molar-refractivity contribution in [2.45, 2.75) is 0 Å². The highest BCUT2D eigenvalue weighted by Crippen LogP contribution is 2.40. The molecule has 0 N–H and O–H groups in total. The summed E-state index contributed by atoms with van der Waals surface area (Å²) >= 11 is 6.86. The first-order chi connectivity index (χ1) is 12.7. The van der Waals surface area contributed by atoms with Gasteiger partial charge >= 0.3 is 0 Å². The first-order valence-corrected chi connectivity index (χ1v) is 10.5. The molecule has 0 aliphatic heterocycles. The first-order valence-electron chi connectivity index (χ1n) is 8.29. The van der Waals surface area contributed by atoms with E-state index in [2.05, 4.69) is 48.5 Å². The summed E-state index contributed by atoms with van der Waals surface area (Å²) in [5, 5.41) is 6.93. The van der Waals surface area contributed by atoms with Crippen LogP contribution >= 0.6 is 18.5 Å². The van der Waals surface area contributed by atoms with E-state index in [4.69, 9.17) is 20.7 Å². The van der Waals surface area contributed by atoms with E-state index in [0.29, 0.717) is 0 Å². The third kappa shape index (κ3) is 3.23. The van der Waals surface area contributed by atoms with Crippen LogP contribution in [0.5, 0.6) is 11.5 Å². The Morgan fingerprint density at radius 3 is 1.38 bits per heavy atom. The molecule has 0 aliphatic carbocycles. The lowest BCUT2D eigenvalue weighted by Crippen LogP contribution is -2.08. The van der Waals surface area contributed by atoms with Crippen molar-refractivity contribution in [2.75, 3.05) is 14.2 Å². The van der Waals surface area contributed by atoms with E-state index >= 15 is 0 Å². The third-order valence-corrected chi connectivity index (χ3v) is 7.15. The second-order valence-corrected chi connectivity index (χ2v) is 8.68. The maximum absolute atomic E-state index is 6.86. The summed E-state index contributed by atoms with van der Waals surface area (Å²) in [5.41, 5.74) is 0. The van der Waals surface area contributed by atoms with Gasteiger partial charge in [-0.25, -0.2) is 0 Å². The highest BCUT2D eigenvalue weighted by Gasteiger charge is 2.12. The van der Waals surface area contributed by atoms with Gasteiger partial charge in [-0.2, -0.15) is 0 Å². The highest BCUT2D eigenvalue weighted by atomic mass is 35.7. The van der Waals surface area contributed by atoms with Gasteiger partial charge in [-0.15, -0.1) is 0 Å². The highest BCUT2D eigenvalue weighted by molar-refractivity contribution is 7.95. The molecule has 0 amide bonds. The number of rotatable bonds is 4. The number of hydrogen-bond donors (Lipinski definition) is 0. The van der Waals surface area contributed by atoms with E-state index in [-0.39, 0.29) is 0 Å². The van der Waals surface area contributed by atoms with E-state index in [1.807, 2.05) is 24.3 Å². The molecule has 0 unspecified atom stereocenters. The van der Waals surface area contributed by atoms with Crippen molar-refractivity contribution in [3.05, 3.63) is 72.8 Å². The zero-order chi connectivity index (χ0) is 18.1. The molecule has 0 radical (unpaired) electrons. The van der Waals surface area contributed by atoms with Gasteiger partial charge in [0.2, 0.25) is 0 Å². The lowest BCUT2D eigenvalue weighted by atomic mass is 10.1. The number of hydrogen-bond acceptors (Lipinski definition) is 2. The SMILES string of the molecule is COc1ccc2cc(P(Cl)c3ccc4cc(OC)ccc4c3)ccc2c1. The predicted octanol–water partition coefficient (Wildman–Crippen LogP) is 5.60. The molecule has 0 saturated carbocycles. The molecular weight excluding hydrogens is 363 g/mol. The van der Waals surface area contributed by atoms with Gasteiger partial charge in [-0.05, 0) is 68.6 Å². The maximum atomic E-state index is 6.86. The molecule has 0 fully saturated rings. The van der Waals surface area contributed by atoms with Crippen molar-refractivity contribution < 1.29 is 9.47 Å². The quantitative estimate of drug-likeness (QED) is 0.429. The minimum Gasteiger partial charge on any atom is -0.497 e. The summed E-state index contributed by atoms with van der Waals surface area (Å²) in [7, 11) is 2.44. The van der Waals surface area contributed by atoms with Crippen LogP contribution in [0.1, 0.15) is 0 Å². The molecule has 0 spiro atoms. The van der Waals surface area contributed by atoms with Gasteiger partial charge in [0.1, 0.15) is 11.5 Å². The van der Waals surface area contributed by atoms with E-state index in [1.165, 1.54) is 10.8 Å². The molecule has 4 aromatic carbocycles. The van der Waals surface area contributed by atoms with Crippen LogP contribution in [-0.2, 0) is 0 Å². The molecule has 4 rings (SSSR count). The summed E-state index contributed by atoms with van der Waals surface area (Å²) in [4.78, 5) is 0. The molecular formula is C22H18ClO2P. The maximum Gasteiger partial charge on any atom is 0.119 e. The lowest BCUT2D eigenvalue weighted by molar-refractivity contribution is 0.415. The zero-order valence-electron chi connectivity index (χ0n) is 14.6. The lowest BCUT2D eigenvalue weighted by Gasteiger charge is -2.13. The molecule has 0 heterocycles. The van der Waals surface area contributed by atoms with Gasteiger partial charge in [0.25, 0.3) is 0 Å². The first kappa shape index (κ1) is 17.1. The van der Waals surface area contributed by atoms with E-state index in [9.17, 15) is 0 Å². The van der Waals surface area contributed by atoms with Gasteiger partial charge in [-0.3, -0.25) is 0 Å². The molecule has 4 aromatic rings. The van der Waals surface area contributed by atoms with Crippen molar-refractivity contribution in [1.29, 1.82) is 0 Å². The second kappa shape index (κ2) is 7.15. The number of benzene rings is 4. The van der Waals surface area contributed by atoms with Crippen LogP contribution in [0.3, 0.4) is 0 Å². The molecule has 26 heavy (non-hydrogen) atoms. The Morgan fingerprint density at radius 1 is 0.577 bits per heavy atom. The van der Waals surface area contributed by atoms with E-state index in [1.54, 1.807) is 14.2 Å². The van der Waals surface area contributed by atoms with Crippen molar-refractivity contribution in [3.8, 4) is 11.5 Å². The molecule has 4 heteroatoms. The van der Waals surface area contributed by atoms with E-state index < -0.39 is 7.27 Å². The van der Waals surface area contributed by atoms with Gasteiger partial charge in [0, 0.05) is 0 Å². The van der Waals surface area contributed by atoms with Gasteiger partial charge in [0.15, 0.2) is 0 Å². The van der Waals surface area contributed by atoms with Gasteiger partial charge in [0.05, 0.1) is 21.5 Å². The Bertz CT molecular complexity index is 1010. The molecule has 130 valence electrons. The Kier molecular flexibility index (Phi) is 4.72. The minimum atomic E-state index is -0.930. The Balaban J connectivity index is 1.71. The summed E-state index contributed by atoms with van der Waals surface area (Å²) in [6.45, 7) is 0. The molecule has 0 bridgehead atoms. The summed E-state index contributed by atoms with van der Waals surface area (Å²) in [6.07, 6.45) is 0. The van der Waals surface area contributed by atoms with Crippen LogP contribution < -0.4 is 20.1 Å². The van der Waals surface area contributed by atoms with Crippen molar-refractivity contribution >= 4 is 50.7 Å². The normalized spacial score (nSPS) is 11.2. The number of ether oxygens (including phenoxy) is 2. The zero-order valence-corrected chi connectivity index (χ0v) is 16.2. The van der Waals surface area contributed by atoms with Crippen molar-refractivity contribution in [3.63, 3.8) is 0 Å². The number of halogens is 1. The molecule has 0 aliphatic rings. The van der Waals surface area contributed by atoms with Crippen LogP contribution in [0, 0.1) is 0 Å². The summed E-state index contributed by atoms with van der Waals surface area (Å²) in [6, 6.07) is 25.0. The fourth-order valence-corrected chi connectivity index (χ4v) is 4.91. The third-order valence-electron chi connectivity index (χ3n) is 4.52. The molecule has 2 nitrogen and oxygen atoms in total.